The Hall–Kier alpha value is -2.13. The fourth-order valence-corrected chi connectivity index (χ4v) is 2.98. The summed E-state index contributed by atoms with van der Waals surface area (Å²) in [5.41, 5.74) is 4.00. The topological polar surface area (TPSA) is 32.3 Å². The fraction of sp³-hybridized carbons (Fsp3) is 0.350. The maximum Gasteiger partial charge on any atom is 0.255 e. The number of carbonyl (C=O) groups excluding carboxylic acids is 1. The molecular weight excluding hydrogens is 284 g/mol. The van der Waals surface area contributed by atoms with Gasteiger partial charge in [-0.15, -0.1) is 0 Å². The second-order valence-electron chi connectivity index (χ2n) is 6.35. The zero-order valence-corrected chi connectivity index (χ0v) is 13.7. The number of likely N-dealkylation sites (tertiary alicyclic amines) is 1. The third-order valence-corrected chi connectivity index (χ3v) is 4.38. The molecule has 1 aliphatic heterocycles. The molecule has 1 N–H and O–H groups in total. The van der Waals surface area contributed by atoms with Crippen LogP contribution in [0.1, 0.15) is 40.7 Å². The van der Waals surface area contributed by atoms with E-state index < -0.39 is 0 Å². The van der Waals surface area contributed by atoms with Crippen LogP contribution in [-0.2, 0) is 6.54 Å². The molecule has 3 nitrogen and oxygen atoms in total. The summed E-state index contributed by atoms with van der Waals surface area (Å²) in [4.78, 5) is 14.8. The SMILES string of the molecule is Cc1ccc(NC(=O)c2ccc(CN3CCCCC3)cc2)cc1. The molecule has 0 bridgehead atoms. The minimum Gasteiger partial charge on any atom is -0.322 e. The summed E-state index contributed by atoms with van der Waals surface area (Å²) in [5.74, 6) is -0.0571. The Labute approximate surface area is 138 Å². The zero-order chi connectivity index (χ0) is 16.1. The Bertz CT molecular complexity index is 640. The number of piperidine rings is 1. The maximum atomic E-state index is 12.3. The molecule has 0 saturated carbocycles. The van der Waals surface area contributed by atoms with Crippen LogP contribution in [0.5, 0.6) is 0 Å². The van der Waals surface area contributed by atoms with E-state index in [9.17, 15) is 4.79 Å². The van der Waals surface area contributed by atoms with Gasteiger partial charge >= 0.3 is 0 Å². The number of hydrogen-bond acceptors (Lipinski definition) is 2. The number of nitrogens with one attached hydrogen (secondary N) is 1. The first-order valence-corrected chi connectivity index (χ1v) is 8.40. The number of anilines is 1. The highest BCUT2D eigenvalue weighted by atomic mass is 16.1. The predicted octanol–water partition coefficient (Wildman–Crippen LogP) is 4.23. The minimum atomic E-state index is -0.0571. The molecule has 3 rings (SSSR count). The summed E-state index contributed by atoms with van der Waals surface area (Å²) < 4.78 is 0. The molecule has 1 saturated heterocycles. The Balaban J connectivity index is 1.59. The van der Waals surface area contributed by atoms with Crippen molar-refractivity contribution >= 4 is 11.6 Å². The second-order valence-corrected chi connectivity index (χ2v) is 6.35. The van der Waals surface area contributed by atoms with Crippen molar-refractivity contribution in [1.29, 1.82) is 0 Å². The maximum absolute atomic E-state index is 12.3. The number of aryl methyl sites for hydroxylation is 1. The van der Waals surface area contributed by atoms with Crippen molar-refractivity contribution in [1.82, 2.24) is 4.90 Å². The highest BCUT2D eigenvalue weighted by Crippen LogP contribution is 2.15. The molecule has 1 amide bonds. The zero-order valence-electron chi connectivity index (χ0n) is 13.7. The van der Waals surface area contributed by atoms with Gasteiger partial charge in [0, 0.05) is 17.8 Å². The van der Waals surface area contributed by atoms with E-state index in [-0.39, 0.29) is 5.91 Å². The molecule has 1 aliphatic rings. The van der Waals surface area contributed by atoms with Crippen LogP contribution in [0.2, 0.25) is 0 Å². The molecule has 1 heterocycles. The van der Waals surface area contributed by atoms with E-state index in [0.29, 0.717) is 5.56 Å². The number of amides is 1. The normalized spacial score (nSPS) is 15.3. The van der Waals surface area contributed by atoms with Gasteiger partial charge in [0.05, 0.1) is 0 Å². The number of rotatable bonds is 4. The number of benzene rings is 2. The molecule has 0 aromatic heterocycles. The molecule has 2 aromatic carbocycles. The molecule has 2 aromatic rings. The van der Waals surface area contributed by atoms with Crippen LogP contribution < -0.4 is 5.32 Å². The van der Waals surface area contributed by atoms with Crippen LogP contribution in [0.15, 0.2) is 48.5 Å². The first-order valence-electron chi connectivity index (χ1n) is 8.40. The lowest BCUT2D eigenvalue weighted by Gasteiger charge is -2.26. The van der Waals surface area contributed by atoms with Crippen molar-refractivity contribution in [2.75, 3.05) is 18.4 Å². The summed E-state index contributed by atoms with van der Waals surface area (Å²) >= 11 is 0. The van der Waals surface area contributed by atoms with E-state index >= 15 is 0 Å². The average Bonchev–Trinajstić information content (AvgIpc) is 2.58. The molecule has 0 radical (unpaired) electrons. The van der Waals surface area contributed by atoms with Crippen molar-refractivity contribution in [2.24, 2.45) is 0 Å². The fourth-order valence-electron chi connectivity index (χ4n) is 2.98. The van der Waals surface area contributed by atoms with Crippen LogP contribution in [0.4, 0.5) is 5.69 Å². The summed E-state index contributed by atoms with van der Waals surface area (Å²) in [7, 11) is 0. The van der Waals surface area contributed by atoms with E-state index in [1.807, 2.05) is 43.3 Å². The van der Waals surface area contributed by atoms with E-state index in [2.05, 4.69) is 22.3 Å². The molecule has 23 heavy (non-hydrogen) atoms. The van der Waals surface area contributed by atoms with Gasteiger partial charge in [-0.2, -0.15) is 0 Å². The van der Waals surface area contributed by atoms with Gasteiger partial charge in [0.15, 0.2) is 0 Å². The van der Waals surface area contributed by atoms with Gasteiger partial charge in [-0.1, -0.05) is 36.2 Å². The summed E-state index contributed by atoms with van der Waals surface area (Å²) in [6, 6.07) is 15.8. The lowest BCUT2D eigenvalue weighted by atomic mass is 10.1. The van der Waals surface area contributed by atoms with Gasteiger partial charge in [0.2, 0.25) is 0 Å². The van der Waals surface area contributed by atoms with Crippen LogP contribution >= 0.6 is 0 Å². The van der Waals surface area contributed by atoms with Crippen LogP contribution in [-0.4, -0.2) is 23.9 Å². The first kappa shape index (κ1) is 15.8. The lowest BCUT2D eigenvalue weighted by Crippen LogP contribution is -2.29. The Kier molecular flexibility index (Phi) is 5.09. The monoisotopic (exact) mass is 308 g/mol. The molecule has 0 atom stereocenters. The minimum absolute atomic E-state index is 0.0571. The first-order chi connectivity index (χ1) is 11.2. The van der Waals surface area contributed by atoms with Gasteiger partial charge < -0.3 is 5.32 Å². The third-order valence-electron chi connectivity index (χ3n) is 4.38. The molecule has 1 fully saturated rings. The smallest absolute Gasteiger partial charge is 0.255 e. The van der Waals surface area contributed by atoms with Crippen molar-refractivity contribution in [2.45, 2.75) is 32.7 Å². The quantitative estimate of drug-likeness (QED) is 0.916. The highest BCUT2D eigenvalue weighted by Gasteiger charge is 2.11. The molecule has 0 unspecified atom stereocenters. The largest absolute Gasteiger partial charge is 0.322 e. The van der Waals surface area contributed by atoms with E-state index in [4.69, 9.17) is 0 Å². The van der Waals surface area contributed by atoms with Gasteiger partial charge in [0.25, 0.3) is 5.91 Å². The van der Waals surface area contributed by atoms with Crippen molar-refractivity contribution < 1.29 is 4.79 Å². The van der Waals surface area contributed by atoms with E-state index in [1.54, 1.807) is 0 Å². The Morgan fingerprint density at radius 1 is 0.957 bits per heavy atom. The van der Waals surface area contributed by atoms with E-state index in [1.165, 1.54) is 43.5 Å². The van der Waals surface area contributed by atoms with Crippen molar-refractivity contribution in [3.05, 3.63) is 65.2 Å². The van der Waals surface area contributed by atoms with Gasteiger partial charge in [-0.25, -0.2) is 0 Å². The lowest BCUT2D eigenvalue weighted by molar-refractivity contribution is 0.102. The van der Waals surface area contributed by atoms with Crippen LogP contribution in [0.3, 0.4) is 0 Å². The number of carbonyl (C=O) groups is 1. The molecule has 0 spiro atoms. The average molecular weight is 308 g/mol. The molecule has 0 aliphatic carbocycles. The van der Waals surface area contributed by atoms with Gasteiger partial charge in [-0.3, -0.25) is 9.69 Å². The number of hydrogen-bond donors (Lipinski definition) is 1. The van der Waals surface area contributed by atoms with Crippen LogP contribution in [0, 0.1) is 6.92 Å². The third kappa shape index (κ3) is 4.42. The Morgan fingerprint density at radius 3 is 2.26 bits per heavy atom. The molecular formula is C20H24N2O. The van der Waals surface area contributed by atoms with Crippen molar-refractivity contribution in [3.8, 4) is 0 Å². The van der Waals surface area contributed by atoms with Gasteiger partial charge in [-0.05, 0) is 62.7 Å². The summed E-state index contributed by atoms with van der Waals surface area (Å²) in [6.07, 6.45) is 3.96. The standard InChI is InChI=1S/C20H24N2O/c1-16-5-11-19(12-6-16)21-20(23)18-9-7-17(8-10-18)15-22-13-3-2-4-14-22/h5-12H,2-4,13-15H2,1H3,(H,21,23). The van der Waals surface area contributed by atoms with Crippen LogP contribution in [0.25, 0.3) is 0 Å². The Morgan fingerprint density at radius 2 is 1.61 bits per heavy atom. The summed E-state index contributed by atoms with van der Waals surface area (Å²) in [5, 5.41) is 2.94. The second kappa shape index (κ2) is 7.42. The highest BCUT2D eigenvalue weighted by molar-refractivity contribution is 6.04. The van der Waals surface area contributed by atoms with Crippen molar-refractivity contribution in [3.63, 3.8) is 0 Å². The number of nitrogens with zero attached hydrogens (tertiary/aromatic N) is 1. The summed E-state index contributed by atoms with van der Waals surface area (Å²) in [6.45, 7) is 5.40. The molecule has 120 valence electrons. The van der Waals surface area contributed by atoms with Gasteiger partial charge in [0.1, 0.15) is 0 Å². The predicted molar refractivity (Wildman–Crippen MR) is 94.7 cm³/mol. The van der Waals surface area contributed by atoms with E-state index in [0.717, 1.165) is 12.2 Å². The molecule has 3 heteroatoms.